The lowest BCUT2D eigenvalue weighted by atomic mass is 10.0. The van der Waals surface area contributed by atoms with Gasteiger partial charge in [-0.1, -0.05) is 30.3 Å². The molecule has 2 aromatic carbocycles. The highest BCUT2D eigenvalue weighted by molar-refractivity contribution is 5.91. The van der Waals surface area contributed by atoms with E-state index in [1.54, 1.807) is 7.11 Å². The van der Waals surface area contributed by atoms with Crippen molar-refractivity contribution >= 4 is 23.2 Å². The van der Waals surface area contributed by atoms with E-state index in [0.717, 1.165) is 31.9 Å². The zero-order valence-corrected chi connectivity index (χ0v) is 13.2. The molecule has 2 N–H and O–H groups in total. The SMILES string of the molecule is COc1ccc(CN2CCC(CN)C2)c2ccccc12.Cl. The maximum Gasteiger partial charge on any atom is 0.126 e. The molecule has 1 aliphatic rings. The first-order chi connectivity index (χ1) is 9.81. The van der Waals surface area contributed by atoms with E-state index in [2.05, 4.69) is 41.3 Å². The number of nitrogens with zero attached hydrogens (tertiary/aromatic N) is 1. The molecule has 1 aliphatic heterocycles. The van der Waals surface area contributed by atoms with Crippen LogP contribution in [-0.4, -0.2) is 31.6 Å². The second-order valence-corrected chi connectivity index (χ2v) is 5.60. The predicted octanol–water partition coefficient (Wildman–Crippen LogP) is 3.05. The van der Waals surface area contributed by atoms with E-state index in [4.69, 9.17) is 10.5 Å². The normalized spacial score (nSPS) is 18.7. The summed E-state index contributed by atoms with van der Waals surface area (Å²) in [6.07, 6.45) is 1.23. The molecule has 114 valence electrons. The van der Waals surface area contributed by atoms with Crippen LogP contribution in [0.5, 0.6) is 5.75 Å². The number of rotatable bonds is 4. The molecule has 4 heteroatoms. The van der Waals surface area contributed by atoms with Gasteiger partial charge in [-0.3, -0.25) is 4.90 Å². The highest BCUT2D eigenvalue weighted by atomic mass is 35.5. The van der Waals surface area contributed by atoms with Crippen LogP contribution in [-0.2, 0) is 6.54 Å². The summed E-state index contributed by atoms with van der Waals surface area (Å²) in [7, 11) is 1.73. The van der Waals surface area contributed by atoms with Crippen molar-refractivity contribution in [3.8, 4) is 5.75 Å². The monoisotopic (exact) mass is 306 g/mol. The van der Waals surface area contributed by atoms with Crippen molar-refractivity contribution in [3.63, 3.8) is 0 Å². The average Bonchev–Trinajstić information content (AvgIpc) is 2.95. The molecule has 1 fully saturated rings. The Bertz CT molecular complexity index is 602. The summed E-state index contributed by atoms with van der Waals surface area (Å²) >= 11 is 0. The Morgan fingerprint density at radius 2 is 1.95 bits per heavy atom. The lowest BCUT2D eigenvalue weighted by Gasteiger charge is -2.18. The second kappa shape index (κ2) is 7.12. The summed E-state index contributed by atoms with van der Waals surface area (Å²) in [5, 5.41) is 2.49. The maximum absolute atomic E-state index is 5.77. The van der Waals surface area contributed by atoms with Gasteiger partial charge in [0.05, 0.1) is 7.11 Å². The second-order valence-electron chi connectivity index (χ2n) is 5.60. The fourth-order valence-electron chi connectivity index (χ4n) is 3.14. The Balaban J connectivity index is 0.00000161. The molecule has 21 heavy (non-hydrogen) atoms. The quantitative estimate of drug-likeness (QED) is 0.943. The number of hydrogen-bond acceptors (Lipinski definition) is 3. The zero-order chi connectivity index (χ0) is 13.9. The van der Waals surface area contributed by atoms with Crippen LogP contribution in [0.3, 0.4) is 0 Å². The third kappa shape index (κ3) is 3.31. The maximum atomic E-state index is 5.77. The van der Waals surface area contributed by atoms with Gasteiger partial charge in [-0.2, -0.15) is 0 Å². The Morgan fingerprint density at radius 1 is 1.19 bits per heavy atom. The van der Waals surface area contributed by atoms with Gasteiger partial charge in [0.1, 0.15) is 5.75 Å². The van der Waals surface area contributed by atoms with Gasteiger partial charge in [-0.05, 0) is 42.4 Å². The van der Waals surface area contributed by atoms with Gasteiger partial charge in [0.25, 0.3) is 0 Å². The van der Waals surface area contributed by atoms with E-state index < -0.39 is 0 Å². The number of likely N-dealkylation sites (tertiary alicyclic amines) is 1. The van der Waals surface area contributed by atoms with Crippen LogP contribution >= 0.6 is 12.4 Å². The number of hydrogen-bond donors (Lipinski definition) is 1. The Hall–Kier alpha value is -1.29. The summed E-state index contributed by atoms with van der Waals surface area (Å²) in [5.74, 6) is 1.62. The fourth-order valence-corrected chi connectivity index (χ4v) is 3.14. The molecule has 1 heterocycles. The summed E-state index contributed by atoms with van der Waals surface area (Å²) in [6, 6.07) is 12.7. The number of ether oxygens (including phenoxy) is 1. The van der Waals surface area contributed by atoms with E-state index in [1.807, 2.05) is 0 Å². The third-order valence-corrected chi connectivity index (χ3v) is 4.29. The first-order valence-electron chi connectivity index (χ1n) is 7.29. The van der Waals surface area contributed by atoms with Crippen LogP contribution in [0.1, 0.15) is 12.0 Å². The van der Waals surface area contributed by atoms with Gasteiger partial charge >= 0.3 is 0 Å². The molecule has 3 nitrogen and oxygen atoms in total. The first-order valence-corrected chi connectivity index (χ1v) is 7.29. The van der Waals surface area contributed by atoms with Gasteiger partial charge < -0.3 is 10.5 Å². The van der Waals surface area contributed by atoms with E-state index in [0.29, 0.717) is 5.92 Å². The molecule has 1 saturated heterocycles. The molecule has 0 bridgehead atoms. The topological polar surface area (TPSA) is 38.5 Å². The van der Waals surface area contributed by atoms with Crippen LogP contribution < -0.4 is 10.5 Å². The van der Waals surface area contributed by atoms with Crippen molar-refractivity contribution in [2.45, 2.75) is 13.0 Å². The largest absolute Gasteiger partial charge is 0.496 e. The van der Waals surface area contributed by atoms with E-state index in [9.17, 15) is 0 Å². The number of methoxy groups -OCH3 is 1. The van der Waals surface area contributed by atoms with Crippen LogP contribution in [0.2, 0.25) is 0 Å². The molecule has 0 aromatic heterocycles. The Kier molecular flexibility index (Phi) is 5.45. The lowest BCUT2D eigenvalue weighted by molar-refractivity contribution is 0.319. The third-order valence-electron chi connectivity index (χ3n) is 4.29. The Morgan fingerprint density at radius 3 is 2.62 bits per heavy atom. The minimum Gasteiger partial charge on any atom is -0.496 e. The fraction of sp³-hybridized carbons (Fsp3) is 0.412. The van der Waals surface area contributed by atoms with Crippen molar-refractivity contribution in [3.05, 3.63) is 42.0 Å². The van der Waals surface area contributed by atoms with Gasteiger partial charge in [-0.15, -0.1) is 12.4 Å². The molecule has 1 atom stereocenters. The molecule has 1 unspecified atom stereocenters. The van der Waals surface area contributed by atoms with Crippen LogP contribution in [0.15, 0.2) is 36.4 Å². The summed E-state index contributed by atoms with van der Waals surface area (Å²) < 4.78 is 5.46. The molecular formula is C17H23ClN2O. The predicted molar refractivity (Wildman–Crippen MR) is 90.2 cm³/mol. The smallest absolute Gasteiger partial charge is 0.126 e. The molecule has 0 aliphatic carbocycles. The highest BCUT2D eigenvalue weighted by Crippen LogP contribution is 2.30. The standard InChI is InChI=1S/C17H22N2O.ClH/c1-20-17-7-6-14(15-4-2-3-5-16(15)17)12-19-9-8-13(10-18)11-19;/h2-7,13H,8-12,18H2,1H3;1H. The van der Waals surface area contributed by atoms with Crippen LogP contribution in [0.25, 0.3) is 10.8 Å². The van der Waals surface area contributed by atoms with Gasteiger partial charge in [-0.25, -0.2) is 0 Å². The number of benzene rings is 2. The lowest BCUT2D eigenvalue weighted by Crippen LogP contribution is -2.22. The molecule has 3 rings (SSSR count). The van der Waals surface area contributed by atoms with E-state index in [1.165, 1.54) is 22.8 Å². The number of halogens is 1. The minimum absolute atomic E-state index is 0. The molecule has 0 radical (unpaired) electrons. The summed E-state index contributed by atoms with van der Waals surface area (Å²) in [4.78, 5) is 2.51. The molecular weight excluding hydrogens is 284 g/mol. The van der Waals surface area contributed by atoms with E-state index in [-0.39, 0.29) is 12.4 Å². The van der Waals surface area contributed by atoms with Crippen molar-refractivity contribution in [2.24, 2.45) is 11.7 Å². The first kappa shape index (κ1) is 16.1. The molecule has 0 saturated carbocycles. The van der Waals surface area contributed by atoms with Gasteiger partial charge in [0.15, 0.2) is 0 Å². The molecule has 2 aromatic rings. The van der Waals surface area contributed by atoms with E-state index >= 15 is 0 Å². The minimum atomic E-state index is 0. The number of nitrogens with two attached hydrogens (primary N) is 1. The van der Waals surface area contributed by atoms with Crippen molar-refractivity contribution in [1.29, 1.82) is 0 Å². The highest BCUT2D eigenvalue weighted by Gasteiger charge is 2.21. The van der Waals surface area contributed by atoms with Crippen molar-refractivity contribution in [2.75, 3.05) is 26.7 Å². The summed E-state index contributed by atoms with van der Waals surface area (Å²) in [5.41, 5.74) is 7.15. The molecule has 0 spiro atoms. The summed E-state index contributed by atoms with van der Waals surface area (Å²) in [6.45, 7) is 4.08. The Labute approximate surface area is 132 Å². The zero-order valence-electron chi connectivity index (χ0n) is 12.4. The van der Waals surface area contributed by atoms with Gasteiger partial charge in [0, 0.05) is 18.5 Å². The van der Waals surface area contributed by atoms with Crippen LogP contribution in [0.4, 0.5) is 0 Å². The molecule has 0 amide bonds. The van der Waals surface area contributed by atoms with Crippen molar-refractivity contribution < 1.29 is 4.74 Å². The van der Waals surface area contributed by atoms with Gasteiger partial charge in [0.2, 0.25) is 0 Å². The average molecular weight is 307 g/mol. The number of fused-ring (bicyclic) bond motifs is 1. The van der Waals surface area contributed by atoms with Crippen molar-refractivity contribution in [1.82, 2.24) is 4.90 Å². The van der Waals surface area contributed by atoms with Crippen LogP contribution in [0, 0.1) is 5.92 Å².